The Morgan fingerprint density at radius 2 is 1.87 bits per heavy atom. The molecule has 0 saturated heterocycles. The normalized spacial score (nSPS) is 42.9. The molecule has 0 aromatic rings. The fraction of sp³-hybridized carbons (Fsp3) is 0.893. The van der Waals surface area contributed by atoms with Crippen LogP contribution in [0.1, 0.15) is 105 Å². The molecule has 4 aliphatic rings. The van der Waals surface area contributed by atoms with Crippen molar-refractivity contribution >= 4 is 6.09 Å². The molecule has 3 saturated carbocycles. The van der Waals surface area contributed by atoms with E-state index in [9.17, 15) is 4.79 Å². The van der Waals surface area contributed by atoms with Crippen LogP contribution in [0.25, 0.3) is 0 Å². The molecule has 2 N–H and O–H groups in total. The van der Waals surface area contributed by atoms with Crippen LogP contribution in [0, 0.1) is 46.3 Å². The van der Waals surface area contributed by atoms with Crippen molar-refractivity contribution in [2.24, 2.45) is 52.1 Å². The Morgan fingerprint density at radius 1 is 1.10 bits per heavy atom. The van der Waals surface area contributed by atoms with Gasteiger partial charge in [0.25, 0.3) is 0 Å². The van der Waals surface area contributed by atoms with E-state index in [2.05, 4.69) is 40.7 Å². The summed E-state index contributed by atoms with van der Waals surface area (Å²) in [7, 11) is 0. The van der Waals surface area contributed by atoms with E-state index in [0.29, 0.717) is 10.8 Å². The van der Waals surface area contributed by atoms with Gasteiger partial charge >= 0.3 is 6.09 Å². The molecule has 0 bridgehead atoms. The molecule has 0 spiro atoms. The van der Waals surface area contributed by atoms with Crippen LogP contribution in [-0.4, -0.2) is 12.2 Å². The first-order valence-corrected chi connectivity index (χ1v) is 13.3. The van der Waals surface area contributed by atoms with Crippen molar-refractivity contribution in [1.29, 1.82) is 0 Å². The molecule has 31 heavy (non-hydrogen) atoms. The second kappa shape index (κ2) is 8.75. The van der Waals surface area contributed by atoms with Crippen molar-refractivity contribution in [3.63, 3.8) is 0 Å². The minimum absolute atomic E-state index is 0.00946. The zero-order valence-electron chi connectivity index (χ0n) is 20.8. The van der Waals surface area contributed by atoms with E-state index in [-0.39, 0.29) is 6.10 Å². The maximum atomic E-state index is 11.3. The second-order valence-electron chi connectivity index (χ2n) is 12.6. The zero-order chi connectivity index (χ0) is 22.4. The number of amides is 1. The third-order valence-corrected chi connectivity index (χ3v) is 10.5. The van der Waals surface area contributed by atoms with E-state index >= 15 is 0 Å². The average Bonchev–Trinajstić information content (AvgIpc) is 3.05. The van der Waals surface area contributed by atoms with Crippen molar-refractivity contribution in [2.45, 2.75) is 111 Å². The maximum absolute atomic E-state index is 11.3. The molecule has 4 aliphatic carbocycles. The summed E-state index contributed by atoms with van der Waals surface area (Å²) < 4.78 is 5.39. The number of nitrogens with two attached hydrogens (primary N) is 1. The monoisotopic (exact) mass is 429 g/mol. The molecule has 176 valence electrons. The van der Waals surface area contributed by atoms with E-state index in [1.165, 1.54) is 51.4 Å². The molecule has 3 fully saturated rings. The number of ether oxygens (including phenoxy) is 1. The number of fused-ring (bicyclic) bond motifs is 5. The Labute approximate surface area is 190 Å². The Morgan fingerprint density at radius 3 is 2.58 bits per heavy atom. The van der Waals surface area contributed by atoms with E-state index < -0.39 is 6.09 Å². The molecule has 4 rings (SSSR count). The van der Waals surface area contributed by atoms with Crippen molar-refractivity contribution in [2.75, 3.05) is 0 Å². The van der Waals surface area contributed by atoms with Crippen molar-refractivity contribution in [3.05, 3.63) is 11.6 Å². The standard InChI is InChI=1S/C28H47NO2/c1-18(2)7-6-8-19(3)23-11-12-24-22-10-9-20-17-21(31-26(29)30)13-15-27(20,4)25(22)14-16-28(23,24)5/h9,18-19,21-25H,6-8,10-17H2,1-5H3,(H2,29,30)/t19?,21-,22?,23?,24?,25?,27-,28+/m0/s1. The van der Waals surface area contributed by atoms with Gasteiger partial charge in [0.1, 0.15) is 6.10 Å². The van der Waals surface area contributed by atoms with Crippen LogP contribution >= 0.6 is 0 Å². The largest absolute Gasteiger partial charge is 0.446 e. The highest BCUT2D eigenvalue weighted by atomic mass is 16.6. The Kier molecular flexibility index (Phi) is 6.54. The van der Waals surface area contributed by atoms with Crippen LogP contribution < -0.4 is 5.73 Å². The topological polar surface area (TPSA) is 52.3 Å². The van der Waals surface area contributed by atoms with Crippen LogP contribution in [-0.2, 0) is 4.74 Å². The van der Waals surface area contributed by atoms with Crippen LogP contribution in [0.15, 0.2) is 11.6 Å². The van der Waals surface area contributed by atoms with Gasteiger partial charge < -0.3 is 10.5 Å². The van der Waals surface area contributed by atoms with Crippen LogP contribution in [0.4, 0.5) is 4.79 Å². The number of rotatable bonds is 6. The summed E-state index contributed by atoms with van der Waals surface area (Å²) in [6, 6.07) is 0. The molecule has 0 aromatic heterocycles. The van der Waals surface area contributed by atoms with Crippen LogP contribution in [0.2, 0.25) is 0 Å². The predicted octanol–water partition coefficient (Wildman–Crippen LogP) is 7.49. The molecular formula is C28H47NO2. The van der Waals surface area contributed by atoms with Gasteiger partial charge in [-0.15, -0.1) is 0 Å². The third kappa shape index (κ3) is 4.20. The van der Waals surface area contributed by atoms with Gasteiger partial charge in [-0.05, 0) is 91.3 Å². The highest BCUT2D eigenvalue weighted by molar-refractivity contribution is 5.64. The summed E-state index contributed by atoms with van der Waals surface area (Å²) in [5, 5.41) is 0. The lowest BCUT2D eigenvalue weighted by atomic mass is 9.47. The van der Waals surface area contributed by atoms with Gasteiger partial charge in [0.05, 0.1) is 0 Å². The highest BCUT2D eigenvalue weighted by Gasteiger charge is 2.59. The molecule has 1 amide bonds. The van der Waals surface area contributed by atoms with Gasteiger partial charge in [0.2, 0.25) is 0 Å². The lowest BCUT2D eigenvalue weighted by molar-refractivity contribution is -0.0578. The fourth-order valence-electron chi connectivity index (χ4n) is 8.92. The molecule has 0 aliphatic heterocycles. The summed E-state index contributed by atoms with van der Waals surface area (Å²) >= 11 is 0. The van der Waals surface area contributed by atoms with Gasteiger partial charge in [0.15, 0.2) is 0 Å². The second-order valence-corrected chi connectivity index (χ2v) is 12.6. The Balaban J connectivity index is 1.47. The Hall–Kier alpha value is -0.990. The van der Waals surface area contributed by atoms with E-state index in [1.54, 1.807) is 5.57 Å². The van der Waals surface area contributed by atoms with Crippen LogP contribution in [0.3, 0.4) is 0 Å². The molecular weight excluding hydrogens is 382 g/mol. The third-order valence-electron chi connectivity index (χ3n) is 10.5. The molecule has 3 nitrogen and oxygen atoms in total. The summed E-state index contributed by atoms with van der Waals surface area (Å²) in [6.45, 7) is 12.5. The fourth-order valence-corrected chi connectivity index (χ4v) is 8.92. The minimum Gasteiger partial charge on any atom is -0.446 e. The first-order valence-electron chi connectivity index (χ1n) is 13.3. The maximum Gasteiger partial charge on any atom is 0.404 e. The molecule has 0 heterocycles. The number of carbonyl (C=O) groups excluding carboxylic acids is 1. The summed E-state index contributed by atoms with van der Waals surface area (Å²) in [6.07, 6.45) is 16.1. The predicted molar refractivity (Wildman–Crippen MR) is 128 cm³/mol. The first-order chi connectivity index (χ1) is 14.6. The minimum atomic E-state index is -0.615. The smallest absolute Gasteiger partial charge is 0.404 e. The van der Waals surface area contributed by atoms with Gasteiger partial charge in [-0.2, -0.15) is 0 Å². The van der Waals surface area contributed by atoms with Gasteiger partial charge in [-0.3, -0.25) is 0 Å². The Bertz CT molecular complexity index is 699. The zero-order valence-corrected chi connectivity index (χ0v) is 20.8. The molecule has 8 atom stereocenters. The number of carbonyl (C=O) groups is 1. The van der Waals surface area contributed by atoms with Crippen molar-refractivity contribution in [1.82, 2.24) is 0 Å². The number of allylic oxidation sites excluding steroid dienone is 1. The van der Waals surface area contributed by atoms with E-state index in [4.69, 9.17) is 10.5 Å². The highest BCUT2D eigenvalue weighted by Crippen LogP contribution is 2.67. The van der Waals surface area contributed by atoms with E-state index in [0.717, 1.165) is 54.8 Å². The van der Waals surface area contributed by atoms with Crippen molar-refractivity contribution < 1.29 is 9.53 Å². The quantitative estimate of drug-likeness (QED) is 0.445. The molecule has 0 aromatic carbocycles. The molecule has 0 radical (unpaired) electrons. The van der Waals surface area contributed by atoms with Gasteiger partial charge in [0, 0.05) is 6.42 Å². The molecule has 3 heteroatoms. The summed E-state index contributed by atoms with van der Waals surface area (Å²) in [5.74, 6) is 5.20. The number of hydrogen-bond donors (Lipinski definition) is 1. The molecule has 5 unspecified atom stereocenters. The first kappa shape index (κ1) is 23.2. The number of primary amides is 1. The van der Waals surface area contributed by atoms with Gasteiger partial charge in [-0.1, -0.05) is 65.5 Å². The summed E-state index contributed by atoms with van der Waals surface area (Å²) in [5.41, 5.74) is 7.72. The average molecular weight is 430 g/mol. The SMILES string of the molecule is CC(C)CCCC(C)C1CCC2C3CC=C4C[C@@H](OC(N)=O)CC[C@]4(C)C3CC[C@]12C. The lowest BCUT2D eigenvalue weighted by Crippen LogP contribution is -2.51. The number of hydrogen-bond acceptors (Lipinski definition) is 2. The summed E-state index contributed by atoms with van der Waals surface area (Å²) in [4.78, 5) is 11.3. The lowest BCUT2D eigenvalue weighted by Gasteiger charge is -2.58. The van der Waals surface area contributed by atoms with Crippen molar-refractivity contribution in [3.8, 4) is 0 Å². The van der Waals surface area contributed by atoms with Gasteiger partial charge in [-0.25, -0.2) is 4.79 Å². The van der Waals surface area contributed by atoms with Crippen LogP contribution in [0.5, 0.6) is 0 Å². The van der Waals surface area contributed by atoms with E-state index in [1.807, 2.05) is 0 Å².